The number of carbonyl (C=O) groups is 1. The molecule has 0 unspecified atom stereocenters. The van der Waals surface area contributed by atoms with Crippen LogP contribution in [0.25, 0.3) is 16.7 Å². The zero-order valence-electron chi connectivity index (χ0n) is 23.4. The van der Waals surface area contributed by atoms with Gasteiger partial charge in [0.2, 0.25) is 0 Å². The summed E-state index contributed by atoms with van der Waals surface area (Å²) in [6, 6.07) is 30.1. The van der Waals surface area contributed by atoms with Gasteiger partial charge in [0.15, 0.2) is 0 Å². The lowest BCUT2D eigenvalue weighted by atomic mass is 9.96. The summed E-state index contributed by atoms with van der Waals surface area (Å²) in [5.74, 6) is 0.341. The van der Waals surface area contributed by atoms with Gasteiger partial charge in [-0.1, -0.05) is 66.7 Å². The highest BCUT2D eigenvalue weighted by molar-refractivity contribution is 5.80. The molecule has 0 aliphatic carbocycles. The average molecular weight is 532 g/mol. The van der Waals surface area contributed by atoms with Crippen LogP contribution in [0.1, 0.15) is 58.7 Å². The number of nitrogens with zero attached hydrogens (tertiary/aromatic N) is 3. The molecule has 2 aromatic heterocycles. The number of aromatic nitrogens is 3. The van der Waals surface area contributed by atoms with E-state index in [0.717, 1.165) is 72.5 Å². The minimum absolute atomic E-state index is 0.210. The first kappa shape index (κ1) is 27.3. The van der Waals surface area contributed by atoms with Gasteiger partial charge in [0, 0.05) is 24.2 Å². The predicted octanol–water partition coefficient (Wildman–Crippen LogP) is 7.41. The highest BCUT2D eigenvalue weighted by Crippen LogP contribution is 2.26. The number of carboxylic acid groups (broad SMARTS) is 1. The van der Waals surface area contributed by atoms with Gasteiger partial charge in [-0.25, -0.2) is 4.98 Å². The van der Waals surface area contributed by atoms with Gasteiger partial charge in [-0.3, -0.25) is 14.3 Å². The minimum Gasteiger partial charge on any atom is -0.481 e. The third-order valence-electron chi connectivity index (χ3n) is 7.56. The Balaban J connectivity index is 1.34. The monoisotopic (exact) mass is 531 g/mol. The molecular weight excluding hydrogens is 494 g/mol. The summed E-state index contributed by atoms with van der Waals surface area (Å²) in [4.78, 5) is 20.7. The minimum atomic E-state index is -0.732. The largest absolute Gasteiger partial charge is 0.481 e. The van der Waals surface area contributed by atoms with Crippen molar-refractivity contribution in [2.24, 2.45) is 0 Å². The second-order valence-corrected chi connectivity index (χ2v) is 10.6. The van der Waals surface area contributed by atoms with Crippen LogP contribution >= 0.6 is 0 Å². The lowest BCUT2D eigenvalue weighted by molar-refractivity contribution is -0.137. The molecule has 0 spiro atoms. The first-order chi connectivity index (χ1) is 19.5. The normalized spacial score (nSPS) is 11.2. The second kappa shape index (κ2) is 12.7. The number of rotatable bonds is 12. The zero-order chi connectivity index (χ0) is 27.9. The summed E-state index contributed by atoms with van der Waals surface area (Å²) < 4.78 is 2.31. The Labute approximate surface area is 236 Å². The number of hydrogen-bond acceptors (Lipinski definition) is 3. The van der Waals surface area contributed by atoms with Crippen LogP contribution in [-0.4, -0.2) is 25.6 Å². The fourth-order valence-electron chi connectivity index (χ4n) is 5.55. The summed E-state index contributed by atoms with van der Waals surface area (Å²) >= 11 is 0. The van der Waals surface area contributed by atoms with Crippen molar-refractivity contribution >= 4 is 17.0 Å². The van der Waals surface area contributed by atoms with E-state index in [1.807, 2.05) is 19.9 Å². The molecule has 0 fully saturated rings. The van der Waals surface area contributed by atoms with Gasteiger partial charge in [-0.05, 0) is 92.8 Å². The van der Waals surface area contributed by atoms with Crippen molar-refractivity contribution in [2.75, 3.05) is 0 Å². The summed E-state index contributed by atoms with van der Waals surface area (Å²) in [5, 5.41) is 8.99. The number of aliphatic carboxylic acids is 1. The Kier molecular flexibility index (Phi) is 8.70. The first-order valence-corrected chi connectivity index (χ1v) is 14.3. The Hall–Kier alpha value is -4.25. The quantitative estimate of drug-likeness (QED) is 0.182. The van der Waals surface area contributed by atoms with Crippen LogP contribution in [0, 0.1) is 13.8 Å². The van der Waals surface area contributed by atoms with Crippen LogP contribution in [0.3, 0.4) is 0 Å². The topological polar surface area (TPSA) is 68.0 Å². The van der Waals surface area contributed by atoms with E-state index in [1.54, 1.807) is 0 Å². The number of imidazole rings is 1. The van der Waals surface area contributed by atoms with Gasteiger partial charge in [0.25, 0.3) is 0 Å². The van der Waals surface area contributed by atoms with E-state index in [-0.39, 0.29) is 6.42 Å². The SMILES string of the molecule is Cc1cc2c(nc(CCCc3ccccc3)n2-c2ccc(CCc3ccccc3CCCC(=O)O)cc2)c(C)n1. The van der Waals surface area contributed by atoms with Crippen LogP contribution < -0.4 is 0 Å². The number of hydrogen-bond donors (Lipinski definition) is 1. The van der Waals surface area contributed by atoms with Crippen LogP contribution in [0.5, 0.6) is 0 Å². The van der Waals surface area contributed by atoms with Crippen LogP contribution in [0.4, 0.5) is 0 Å². The molecule has 0 aliphatic rings. The Morgan fingerprint density at radius 1 is 0.725 bits per heavy atom. The smallest absolute Gasteiger partial charge is 0.303 e. The molecule has 40 heavy (non-hydrogen) atoms. The fraction of sp³-hybridized carbons (Fsp3) is 0.286. The zero-order valence-corrected chi connectivity index (χ0v) is 23.4. The predicted molar refractivity (Wildman–Crippen MR) is 161 cm³/mol. The molecule has 5 nitrogen and oxygen atoms in total. The number of pyridine rings is 1. The number of aryl methyl sites for hydroxylation is 7. The highest BCUT2D eigenvalue weighted by atomic mass is 16.4. The molecule has 2 heterocycles. The van der Waals surface area contributed by atoms with E-state index in [1.165, 1.54) is 22.3 Å². The first-order valence-electron chi connectivity index (χ1n) is 14.3. The third kappa shape index (κ3) is 6.66. The molecule has 0 amide bonds. The third-order valence-corrected chi connectivity index (χ3v) is 7.56. The molecule has 0 saturated carbocycles. The van der Waals surface area contributed by atoms with Crippen molar-refractivity contribution in [3.05, 3.63) is 124 Å². The molecule has 0 radical (unpaired) electrons. The lowest BCUT2D eigenvalue weighted by Gasteiger charge is -2.12. The van der Waals surface area contributed by atoms with E-state index >= 15 is 0 Å². The van der Waals surface area contributed by atoms with Crippen molar-refractivity contribution in [3.8, 4) is 5.69 Å². The molecule has 3 aromatic carbocycles. The van der Waals surface area contributed by atoms with Gasteiger partial charge >= 0.3 is 5.97 Å². The van der Waals surface area contributed by atoms with Crippen molar-refractivity contribution in [2.45, 2.75) is 65.2 Å². The van der Waals surface area contributed by atoms with E-state index < -0.39 is 5.97 Å². The molecule has 0 aliphatic heterocycles. The van der Waals surface area contributed by atoms with Gasteiger partial charge in [-0.2, -0.15) is 0 Å². The summed E-state index contributed by atoms with van der Waals surface area (Å²) in [5.41, 5.74) is 10.4. The van der Waals surface area contributed by atoms with Crippen LogP contribution in [0.15, 0.2) is 84.9 Å². The molecular formula is C35H37N3O2. The van der Waals surface area contributed by atoms with Gasteiger partial charge in [-0.15, -0.1) is 0 Å². The highest BCUT2D eigenvalue weighted by Gasteiger charge is 2.16. The molecule has 5 rings (SSSR count). The Morgan fingerprint density at radius 3 is 2.12 bits per heavy atom. The van der Waals surface area contributed by atoms with Gasteiger partial charge in [0.05, 0.1) is 11.2 Å². The summed E-state index contributed by atoms with van der Waals surface area (Å²) in [6.07, 6.45) is 6.50. The maximum absolute atomic E-state index is 10.9. The Bertz CT molecular complexity index is 1590. The second-order valence-electron chi connectivity index (χ2n) is 10.6. The van der Waals surface area contributed by atoms with Gasteiger partial charge < -0.3 is 5.11 Å². The van der Waals surface area contributed by atoms with E-state index in [0.29, 0.717) is 6.42 Å². The molecule has 0 atom stereocenters. The van der Waals surface area contributed by atoms with Crippen molar-refractivity contribution < 1.29 is 9.90 Å². The van der Waals surface area contributed by atoms with Crippen molar-refractivity contribution in [1.82, 2.24) is 14.5 Å². The number of benzene rings is 3. The van der Waals surface area contributed by atoms with Crippen molar-refractivity contribution in [3.63, 3.8) is 0 Å². The Morgan fingerprint density at radius 2 is 1.40 bits per heavy atom. The fourth-order valence-corrected chi connectivity index (χ4v) is 5.55. The van der Waals surface area contributed by atoms with E-state index in [9.17, 15) is 4.79 Å². The van der Waals surface area contributed by atoms with Crippen LogP contribution in [0.2, 0.25) is 0 Å². The van der Waals surface area contributed by atoms with E-state index in [2.05, 4.69) is 88.4 Å². The molecule has 5 heteroatoms. The van der Waals surface area contributed by atoms with Crippen molar-refractivity contribution in [1.29, 1.82) is 0 Å². The maximum Gasteiger partial charge on any atom is 0.303 e. The standard InChI is InChI=1S/C35H37N3O2/c1-25-24-32-35(26(2)36-25)37-33(16-8-12-27-10-4-3-5-11-27)38(32)31-22-19-28(20-23-31)18-21-30-14-7-6-13-29(30)15-9-17-34(39)40/h3-7,10-11,13-14,19-20,22-24H,8-9,12,15-18,21H2,1-2H3,(H,39,40). The lowest BCUT2D eigenvalue weighted by Crippen LogP contribution is -2.03. The maximum atomic E-state index is 10.9. The molecule has 204 valence electrons. The van der Waals surface area contributed by atoms with Crippen LogP contribution in [-0.2, 0) is 36.9 Å². The molecule has 0 bridgehead atoms. The number of carboxylic acids is 1. The summed E-state index contributed by atoms with van der Waals surface area (Å²) in [7, 11) is 0. The van der Waals surface area contributed by atoms with Gasteiger partial charge in [0.1, 0.15) is 11.3 Å². The molecule has 0 saturated heterocycles. The average Bonchev–Trinajstić information content (AvgIpc) is 3.31. The molecule has 1 N–H and O–H groups in total. The molecule has 5 aromatic rings. The van der Waals surface area contributed by atoms with E-state index in [4.69, 9.17) is 10.1 Å². The summed E-state index contributed by atoms with van der Waals surface area (Å²) in [6.45, 7) is 4.09. The number of fused-ring (bicyclic) bond motifs is 1.